The molecule has 1 heterocycles. The van der Waals surface area contributed by atoms with Crippen LogP contribution < -0.4 is 14.9 Å². The Morgan fingerprint density at radius 2 is 1.74 bits per heavy atom. The number of methoxy groups -OCH3 is 2. The van der Waals surface area contributed by atoms with Gasteiger partial charge in [0.25, 0.3) is 0 Å². The van der Waals surface area contributed by atoms with E-state index in [-0.39, 0.29) is 29.3 Å². The fraction of sp³-hybridized carbons (Fsp3) is 0.429. The summed E-state index contributed by atoms with van der Waals surface area (Å²) in [5.74, 6) is 0.101. The van der Waals surface area contributed by atoms with E-state index in [1.165, 1.54) is 20.3 Å². The number of carbonyl (C=O) groups excluding carboxylic acids is 1. The quantitative estimate of drug-likeness (QED) is 0.430. The van der Waals surface area contributed by atoms with Gasteiger partial charge in [0.15, 0.2) is 17.3 Å². The van der Waals surface area contributed by atoms with Crippen LogP contribution in [0.2, 0.25) is 0 Å². The molecule has 0 aliphatic heterocycles. The van der Waals surface area contributed by atoms with E-state index in [9.17, 15) is 14.7 Å². The normalized spacial score (nSPS) is 14.3. The van der Waals surface area contributed by atoms with E-state index in [2.05, 4.69) is 0 Å². The molecule has 186 valence electrons. The lowest BCUT2D eigenvalue weighted by Gasteiger charge is -2.19. The van der Waals surface area contributed by atoms with Crippen molar-refractivity contribution in [1.29, 1.82) is 0 Å². The molecule has 1 saturated carbocycles. The van der Waals surface area contributed by atoms with Gasteiger partial charge in [-0.05, 0) is 60.1 Å². The second-order valence-corrected chi connectivity index (χ2v) is 10.2. The van der Waals surface area contributed by atoms with Crippen LogP contribution in [0.1, 0.15) is 68.3 Å². The summed E-state index contributed by atoms with van der Waals surface area (Å²) in [5.41, 5.74) is 1.04. The average Bonchev–Trinajstić information content (AvgIpc) is 3.38. The zero-order valence-corrected chi connectivity index (χ0v) is 20.9. The Kier molecular flexibility index (Phi) is 6.79. The SMILES string of the molecule is COc1ccc(-c2oc3cc(C(=O)OCC(C)(C)C)cc(C4CCCC4)c3c(=O)c2O)cc1OC. The van der Waals surface area contributed by atoms with Gasteiger partial charge in [-0.25, -0.2) is 4.79 Å². The van der Waals surface area contributed by atoms with Gasteiger partial charge in [-0.3, -0.25) is 4.79 Å². The summed E-state index contributed by atoms with van der Waals surface area (Å²) in [4.78, 5) is 26.4. The maximum Gasteiger partial charge on any atom is 0.338 e. The predicted molar refractivity (Wildman–Crippen MR) is 134 cm³/mol. The van der Waals surface area contributed by atoms with E-state index < -0.39 is 17.1 Å². The molecule has 1 aliphatic rings. The molecular weight excluding hydrogens is 448 g/mol. The van der Waals surface area contributed by atoms with Crippen LogP contribution in [0.25, 0.3) is 22.3 Å². The number of hydrogen-bond donors (Lipinski definition) is 1. The van der Waals surface area contributed by atoms with Gasteiger partial charge < -0.3 is 23.7 Å². The molecule has 0 unspecified atom stereocenters. The maximum absolute atomic E-state index is 13.4. The molecule has 3 aromatic rings. The minimum Gasteiger partial charge on any atom is -0.502 e. The van der Waals surface area contributed by atoms with E-state index in [4.69, 9.17) is 18.6 Å². The van der Waals surface area contributed by atoms with Crippen LogP contribution in [-0.4, -0.2) is 31.9 Å². The van der Waals surface area contributed by atoms with Gasteiger partial charge in [-0.1, -0.05) is 33.6 Å². The van der Waals surface area contributed by atoms with Gasteiger partial charge in [0.2, 0.25) is 11.2 Å². The van der Waals surface area contributed by atoms with E-state index in [1.807, 2.05) is 20.8 Å². The Hall–Kier alpha value is -3.48. The van der Waals surface area contributed by atoms with Crippen molar-refractivity contribution in [3.8, 4) is 28.6 Å². The van der Waals surface area contributed by atoms with Crippen molar-refractivity contribution in [3.63, 3.8) is 0 Å². The Morgan fingerprint density at radius 1 is 1.06 bits per heavy atom. The lowest BCUT2D eigenvalue weighted by molar-refractivity contribution is 0.0367. The second kappa shape index (κ2) is 9.64. The topological polar surface area (TPSA) is 95.2 Å². The minimum absolute atomic E-state index is 0.000957. The molecule has 35 heavy (non-hydrogen) atoms. The molecule has 0 radical (unpaired) electrons. The third-order valence-corrected chi connectivity index (χ3v) is 6.31. The fourth-order valence-corrected chi connectivity index (χ4v) is 4.56. The van der Waals surface area contributed by atoms with Crippen molar-refractivity contribution in [2.24, 2.45) is 5.41 Å². The minimum atomic E-state index is -0.521. The maximum atomic E-state index is 13.4. The summed E-state index contributed by atoms with van der Waals surface area (Å²) < 4.78 is 22.3. The van der Waals surface area contributed by atoms with Crippen molar-refractivity contribution in [3.05, 3.63) is 51.7 Å². The molecule has 7 heteroatoms. The zero-order valence-electron chi connectivity index (χ0n) is 20.9. The molecule has 4 rings (SSSR count). The molecule has 0 saturated heterocycles. The van der Waals surface area contributed by atoms with Crippen LogP contribution in [0, 0.1) is 5.41 Å². The lowest BCUT2D eigenvalue weighted by atomic mass is 9.91. The molecule has 1 fully saturated rings. The van der Waals surface area contributed by atoms with Crippen molar-refractivity contribution < 1.29 is 28.5 Å². The van der Waals surface area contributed by atoms with E-state index >= 15 is 0 Å². The number of aromatic hydroxyl groups is 1. The Labute approximate surface area is 204 Å². The number of esters is 1. The summed E-state index contributed by atoms with van der Waals surface area (Å²) in [6, 6.07) is 8.23. The van der Waals surface area contributed by atoms with E-state index in [1.54, 1.807) is 24.3 Å². The molecule has 0 spiro atoms. The lowest BCUT2D eigenvalue weighted by Crippen LogP contribution is -2.19. The average molecular weight is 481 g/mol. The number of carbonyl (C=O) groups is 1. The second-order valence-electron chi connectivity index (χ2n) is 10.2. The summed E-state index contributed by atoms with van der Waals surface area (Å²) in [5, 5.41) is 11.2. The number of ether oxygens (including phenoxy) is 3. The van der Waals surface area contributed by atoms with Crippen molar-refractivity contribution in [1.82, 2.24) is 0 Å². The third kappa shape index (κ3) is 4.99. The Bertz CT molecular complexity index is 1310. The Morgan fingerprint density at radius 3 is 2.37 bits per heavy atom. The monoisotopic (exact) mass is 480 g/mol. The van der Waals surface area contributed by atoms with Crippen molar-refractivity contribution >= 4 is 16.9 Å². The number of fused-ring (bicyclic) bond motifs is 1. The van der Waals surface area contributed by atoms with E-state index in [0.717, 1.165) is 31.2 Å². The smallest absolute Gasteiger partial charge is 0.338 e. The highest BCUT2D eigenvalue weighted by atomic mass is 16.5. The van der Waals surface area contributed by atoms with Crippen molar-refractivity contribution in [2.75, 3.05) is 20.8 Å². The van der Waals surface area contributed by atoms with Gasteiger partial charge >= 0.3 is 5.97 Å². The van der Waals surface area contributed by atoms with Crippen LogP contribution in [0.15, 0.2) is 39.5 Å². The summed E-state index contributed by atoms with van der Waals surface area (Å²) in [7, 11) is 3.03. The first kappa shape index (κ1) is 24.6. The highest BCUT2D eigenvalue weighted by Crippen LogP contribution is 2.41. The van der Waals surface area contributed by atoms with Gasteiger partial charge in [-0.2, -0.15) is 0 Å². The van der Waals surface area contributed by atoms with Crippen LogP contribution in [0.5, 0.6) is 17.2 Å². The first-order chi connectivity index (χ1) is 16.6. The molecule has 1 aromatic heterocycles. The predicted octanol–water partition coefficient (Wildman–Crippen LogP) is 6.04. The number of benzene rings is 2. The molecule has 1 aliphatic carbocycles. The standard InChI is InChI=1S/C28H32O7/c1-28(2,3)15-34-27(31)18-12-19(16-8-6-7-9-16)23-22(14-18)35-26(25(30)24(23)29)17-10-11-20(32-4)21(13-17)33-5/h10-14,16,30H,6-9,15H2,1-5H3. The molecular formula is C28H32O7. The highest BCUT2D eigenvalue weighted by molar-refractivity contribution is 5.96. The largest absolute Gasteiger partial charge is 0.502 e. The molecule has 0 amide bonds. The molecule has 1 N–H and O–H groups in total. The fourth-order valence-electron chi connectivity index (χ4n) is 4.56. The van der Waals surface area contributed by atoms with Crippen LogP contribution in [0.4, 0.5) is 0 Å². The molecule has 0 atom stereocenters. The van der Waals surface area contributed by atoms with Crippen LogP contribution >= 0.6 is 0 Å². The number of hydrogen-bond acceptors (Lipinski definition) is 7. The van der Waals surface area contributed by atoms with Gasteiger partial charge in [-0.15, -0.1) is 0 Å². The summed E-state index contributed by atoms with van der Waals surface area (Å²) >= 11 is 0. The van der Waals surface area contributed by atoms with Gasteiger partial charge in [0, 0.05) is 5.56 Å². The third-order valence-electron chi connectivity index (χ3n) is 6.31. The van der Waals surface area contributed by atoms with Crippen molar-refractivity contribution in [2.45, 2.75) is 52.4 Å². The van der Waals surface area contributed by atoms with Gasteiger partial charge in [0.1, 0.15) is 5.58 Å². The molecule has 7 nitrogen and oxygen atoms in total. The molecule has 0 bridgehead atoms. The van der Waals surface area contributed by atoms with Gasteiger partial charge in [0.05, 0.1) is 31.8 Å². The summed E-state index contributed by atoms with van der Waals surface area (Å²) in [6.45, 7) is 6.23. The number of rotatable bonds is 6. The highest BCUT2D eigenvalue weighted by Gasteiger charge is 2.27. The van der Waals surface area contributed by atoms with Crippen LogP contribution in [-0.2, 0) is 4.74 Å². The van der Waals surface area contributed by atoms with E-state index in [0.29, 0.717) is 28.0 Å². The first-order valence-electron chi connectivity index (χ1n) is 11.9. The molecule has 2 aromatic carbocycles. The first-order valence-corrected chi connectivity index (χ1v) is 11.9. The zero-order chi connectivity index (χ0) is 25.3. The summed E-state index contributed by atoms with van der Waals surface area (Å²) in [6.07, 6.45) is 3.91. The Balaban J connectivity index is 1.90. The van der Waals surface area contributed by atoms with Crippen LogP contribution in [0.3, 0.4) is 0 Å².